The fourth-order valence-corrected chi connectivity index (χ4v) is 2.06. The number of ether oxygens (including phenoxy) is 2. The zero-order valence-electron chi connectivity index (χ0n) is 9.62. The van der Waals surface area contributed by atoms with Crippen molar-refractivity contribution < 1.29 is 19.4 Å². The van der Waals surface area contributed by atoms with Gasteiger partial charge in [-0.15, -0.1) is 0 Å². The summed E-state index contributed by atoms with van der Waals surface area (Å²) in [4.78, 5) is 11.5. The minimum absolute atomic E-state index is 0.159. The molecule has 0 aliphatic rings. The van der Waals surface area contributed by atoms with Crippen LogP contribution in [0, 0.1) is 0 Å². The van der Waals surface area contributed by atoms with Crippen LogP contribution >= 0.6 is 11.5 Å². The summed E-state index contributed by atoms with van der Waals surface area (Å²) in [7, 11) is 1.55. The molecule has 94 valence electrons. The lowest BCUT2D eigenvalue weighted by Crippen LogP contribution is -2.02. The van der Waals surface area contributed by atoms with E-state index in [1.165, 1.54) is 6.20 Å². The third-order valence-corrected chi connectivity index (χ3v) is 3.07. The molecule has 1 heterocycles. The van der Waals surface area contributed by atoms with Gasteiger partial charge < -0.3 is 14.6 Å². The Bertz CT molecular complexity index is 553. The fraction of sp³-hybridized carbons (Fsp3) is 0.167. The first-order chi connectivity index (χ1) is 8.72. The Hall–Kier alpha value is -2.08. The van der Waals surface area contributed by atoms with E-state index in [1.54, 1.807) is 19.2 Å². The number of carbonyl (C=O) groups is 1. The Labute approximate surface area is 108 Å². The lowest BCUT2D eigenvalue weighted by molar-refractivity contribution is 0.0694. The van der Waals surface area contributed by atoms with Gasteiger partial charge in [-0.3, -0.25) is 0 Å². The Morgan fingerprint density at radius 2 is 2.11 bits per heavy atom. The third-order valence-electron chi connectivity index (χ3n) is 2.30. The van der Waals surface area contributed by atoms with Crippen LogP contribution in [0.2, 0.25) is 0 Å². The molecule has 5 nitrogen and oxygen atoms in total. The standard InChI is InChI=1S/C12H11NO4S/c1-16-9-4-2-3-5-10(9)17-7-11-8(12(14)15)6-13-18-11/h2-6H,7H2,1H3,(H,14,15). The van der Waals surface area contributed by atoms with Gasteiger partial charge in [0, 0.05) is 0 Å². The van der Waals surface area contributed by atoms with Crippen LogP contribution in [0.15, 0.2) is 30.5 Å². The van der Waals surface area contributed by atoms with Crippen molar-refractivity contribution in [3.05, 3.63) is 40.9 Å². The molecule has 0 spiro atoms. The van der Waals surface area contributed by atoms with Crippen LogP contribution in [0.1, 0.15) is 15.2 Å². The SMILES string of the molecule is COc1ccccc1OCc1sncc1C(=O)O. The minimum atomic E-state index is -0.998. The van der Waals surface area contributed by atoms with Crippen molar-refractivity contribution in [1.82, 2.24) is 4.37 Å². The highest BCUT2D eigenvalue weighted by Gasteiger charge is 2.14. The minimum Gasteiger partial charge on any atom is -0.493 e. The lowest BCUT2D eigenvalue weighted by Gasteiger charge is -2.09. The van der Waals surface area contributed by atoms with E-state index < -0.39 is 5.97 Å². The largest absolute Gasteiger partial charge is 0.493 e. The van der Waals surface area contributed by atoms with Gasteiger partial charge in [-0.25, -0.2) is 4.79 Å². The second-order valence-corrected chi connectivity index (χ2v) is 4.29. The summed E-state index contributed by atoms with van der Waals surface area (Å²) in [5.41, 5.74) is 0.176. The molecule has 1 aromatic heterocycles. The Morgan fingerprint density at radius 3 is 2.78 bits per heavy atom. The molecule has 0 saturated heterocycles. The maximum atomic E-state index is 10.9. The average molecular weight is 265 g/mol. The van der Waals surface area contributed by atoms with Crippen molar-refractivity contribution in [2.75, 3.05) is 7.11 Å². The maximum absolute atomic E-state index is 10.9. The highest BCUT2D eigenvalue weighted by Crippen LogP contribution is 2.27. The van der Waals surface area contributed by atoms with E-state index in [-0.39, 0.29) is 12.2 Å². The molecule has 0 saturated carbocycles. The Morgan fingerprint density at radius 1 is 1.39 bits per heavy atom. The van der Waals surface area contributed by atoms with Gasteiger partial charge in [0.15, 0.2) is 11.5 Å². The van der Waals surface area contributed by atoms with Crippen molar-refractivity contribution >= 4 is 17.5 Å². The molecule has 18 heavy (non-hydrogen) atoms. The van der Waals surface area contributed by atoms with Crippen molar-refractivity contribution in [3.63, 3.8) is 0 Å². The molecule has 0 radical (unpaired) electrons. The van der Waals surface area contributed by atoms with Gasteiger partial charge >= 0.3 is 5.97 Å². The summed E-state index contributed by atoms with van der Waals surface area (Å²) < 4.78 is 14.5. The van der Waals surface area contributed by atoms with Gasteiger partial charge in [-0.2, -0.15) is 4.37 Å². The molecule has 2 rings (SSSR count). The fourth-order valence-electron chi connectivity index (χ4n) is 1.42. The summed E-state index contributed by atoms with van der Waals surface area (Å²) in [6, 6.07) is 7.20. The van der Waals surface area contributed by atoms with Crippen LogP contribution in [0.5, 0.6) is 11.5 Å². The van der Waals surface area contributed by atoms with Gasteiger partial charge in [0.1, 0.15) is 6.61 Å². The number of methoxy groups -OCH3 is 1. The van der Waals surface area contributed by atoms with Crippen LogP contribution in [-0.4, -0.2) is 22.6 Å². The number of hydrogen-bond acceptors (Lipinski definition) is 5. The summed E-state index contributed by atoms with van der Waals surface area (Å²) >= 11 is 1.11. The van der Waals surface area contributed by atoms with Gasteiger partial charge in [0.05, 0.1) is 23.7 Å². The highest BCUT2D eigenvalue weighted by molar-refractivity contribution is 7.06. The molecule has 0 aliphatic carbocycles. The van der Waals surface area contributed by atoms with E-state index in [9.17, 15) is 4.79 Å². The molecule has 0 bridgehead atoms. The van der Waals surface area contributed by atoms with Crippen LogP contribution in [-0.2, 0) is 6.61 Å². The first-order valence-corrected chi connectivity index (χ1v) is 5.92. The number of aromatic nitrogens is 1. The van der Waals surface area contributed by atoms with E-state index in [1.807, 2.05) is 12.1 Å². The zero-order valence-corrected chi connectivity index (χ0v) is 10.4. The van der Waals surface area contributed by atoms with Crippen molar-refractivity contribution in [3.8, 4) is 11.5 Å². The lowest BCUT2D eigenvalue weighted by atomic mass is 10.3. The molecule has 1 N–H and O–H groups in total. The number of nitrogens with zero attached hydrogens (tertiary/aromatic N) is 1. The number of carboxylic acid groups (broad SMARTS) is 1. The van der Waals surface area contributed by atoms with E-state index in [2.05, 4.69) is 4.37 Å². The second-order valence-electron chi connectivity index (χ2n) is 3.41. The molecule has 0 amide bonds. The Balaban J connectivity index is 2.11. The molecule has 2 aromatic rings. The summed E-state index contributed by atoms with van der Waals surface area (Å²) in [6.07, 6.45) is 1.33. The number of para-hydroxylation sites is 2. The molecule has 1 aromatic carbocycles. The van der Waals surface area contributed by atoms with Crippen LogP contribution in [0.25, 0.3) is 0 Å². The number of carboxylic acids is 1. The predicted molar refractivity (Wildman–Crippen MR) is 66.4 cm³/mol. The maximum Gasteiger partial charge on any atom is 0.338 e. The number of benzene rings is 1. The van der Waals surface area contributed by atoms with E-state index in [0.29, 0.717) is 16.4 Å². The molecule has 0 unspecified atom stereocenters. The highest BCUT2D eigenvalue weighted by atomic mass is 32.1. The van der Waals surface area contributed by atoms with Crippen LogP contribution < -0.4 is 9.47 Å². The van der Waals surface area contributed by atoms with E-state index in [4.69, 9.17) is 14.6 Å². The van der Waals surface area contributed by atoms with Gasteiger partial charge in [0.25, 0.3) is 0 Å². The topological polar surface area (TPSA) is 68.7 Å². The number of rotatable bonds is 5. The molecular formula is C12H11NO4S. The zero-order chi connectivity index (χ0) is 13.0. The van der Waals surface area contributed by atoms with Gasteiger partial charge in [-0.05, 0) is 23.7 Å². The summed E-state index contributed by atoms with van der Waals surface area (Å²) in [6.45, 7) is 0.159. The van der Waals surface area contributed by atoms with E-state index >= 15 is 0 Å². The Kier molecular flexibility index (Phi) is 3.78. The summed E-state index contributed by atoms with van der Waals surface area (Å²) in [5, 5.41) is 8.94. The average Bonchev–Trinajstić information content (AvgIpc) is 2.85. The monoisotopic (exact) mass is 265 g/mol. The third kappa shape index (κ3) is 2.60. The van der Waals surface area contributed by atoms with E-state index in [0.717, 1.165) is 11.5 Å². The molecule has 0 fully saturated rings. The molecule has 0 aliphatic heterocycles. The van der Waals surface area contributed by atoms with Crippen LogP contribution in [0.3, 0.4) is 0 Å². The van der Waals surface area contributed by atoms with Crippen molar-refractivity contribution in [2.24, 2.45) is 0 Å². The van der Waals surface area contributed by atoms with Gasteiger partial charge in [-0.1, -0.05) is 12.1 Å². The first-order valence-electron chi connectivity index (χ1n) is 5.15. The van der Waals surface area contributed by atoms with Gasteiger partial charge in [0.2, 0.25) is 0 Å². The van der Waals surface area contributed by atoms with Crippen LogP contribution in [0.4, 0.5) is 0 Å². The predicted octanol–water partition coefficient (Wildman–Crippen LogP) is 2.43. The molecule has 0 atom stereocenters. The molecule has 6 heteroatoms. The number of hydrogen-bond donors (Lipinski definition) is 1. The van der Waals surface area contributed by atoms with Crippen molar-refractivity contribution in [1.29, 1.82) is 0 Å². The second kappa shape index (κ2) is 5.50. The smallest absolute Gasteiger partial charge is 0.338 e. The first kappa shape index (κ1) is 12.4. The normalized spacial score (nSPS) is 10.1. The number of aromatic carboxylic acids is 1. The molecular weight excluding hydrogens is 254 g/mol. The summed E-state index contributed by atoms with van der Waals surface area (Å²) in [5.74, 6) is 0.186. The van der Waals surface area contributed by atoms with Crippen molar-refractivity contribution in [2.45, 2.75) is 6.61 Å². The quantitative estimate of drug-likeness (QED) is 0.899.